The molecule has 136 valence electrons. The van der Waals surface area contributed by atoms with E-state index in [0.29, 0.717) is 16.1 Å². The van der Waals surface area contributed by atoms with Crippen molar-refractivity contribution < 1.29 is 4.43 Å². The second kappa shape index (κ2) is 9.53. The highest BCUT2D eigenvalue weighted by Crippen LogP contribution is 2.36. The van der Waals surface area contributed by atoms with Crippen molar-refractivity contribution in [2.75, 3.05) is 6.54 Å². The van der Waals surface area contributed by atoms with Gasteiger partial charge in [0, 0.05) is 30.5 Å². The van der Waals surface area contributed by atoms with Crippen LogP contribution in [0.15, 0.2) is 12.4 Å². The third-order valence-electron chi connectivity index (χ3n) is 5.48. The Morgan fingerprint density at radius 2 is 1.67 bits per heavy atom. The monoisotopic (exact) mass is 388 g/mol. The lowest BCUT2D eigenvalue weighted by molar-refractivity contribution is 0.181. The van der Waals surface area contributed by atoms with Gasteiger partial charge in [-0.15, -0.1) is 0 Å². The Morgan fingerprint density at radius 3 is 2.17 bits per heavy atom. The van der Waals surface area contributed by atoms with Crippen LogP contribution < -0.4 is 5.32 Å². The molecule has 1 atom stereocenters. The maximum atomic E-state index is 6.77. The number of nitrogens with one attached hydrogen (secondary N) is 1. The van der Waals surface area contributed by atoms with Crippen molar-refractivity contribution in [2.45, 2.75) is 76.7 Å². The predicted molar refractivity (Wildman–Crippen MR) is 106 cm³/mol. The number of nitrogens with zero attached hydrogens (tertiary/aromatic N) is 1. The summed E-state index contributed by atoms with van der Waals surface area (Å²) in [6.45, 7) is 7.51. The fourth-order valence-corrected chi connectivity index (χ4v) is 7.05. The fraction of sp³-hybridized carbons (Fsp3) is 0.722. The highest BCUT2D eigenvalue weighted by molar-refractivity contribution is 6.73. The van der Waals surface area contributed by atoms with Gasteiger partial charge in [0.15, 0.2) is 8.32 Å². The summed E-state index contributed by atoms with van der Waals surface area (Å²) in [5, 5.41) is 4.90. The molecule has 24 heavy (non-hydrogen) atoms. The highest BCUT2D eigenvalue weighted by Gasteiger charge is 2.34. The molecule has 0 aromatic carbocycles. The number of aromatic nitrogens is 1. The van der Waals surface area contributed by atoms with E-state index in [1.165, 1.54) is 25.7 Å². The largest absolute Gasteiger partial charge is 0.409 e. The summed E-state index contributed by atoms with van der Waals surface area (Å²) in [5.74, 6) is 0. The van der Waals surface area contributed by atoms with Gasteiger partial charge >= 0.3 is 0 Å². The van der Waals surface area contributed by atoms with Gasteiger partial charge in [0.05, 0.1) is 16.1 Å². The van der Waals surface area contributed by atoms with Gasteiger partial charge in [-0.2, -0.15) is 0 Å². The van der Waals surface area contributed by atoms with Crippen molar-refractivity contribution >= 4 is 31.5 Å². The summed E-state index contributed by atoms with van der Waals surface area (Å²) in [5.41, 5.74) is 0.894. The molecule has 1 heterocycles. The number of hydrogen-bond acceptors (Lipinski definition) is 3. The maximum absolute atomic E-state index is 6.77. The van der Waals surface area contributed by atoms with Crippen LogP contribution >= 0.6 is 23.2 Å². The van der Waals surface area contributed by atoms with E-state index in [1.54, 1.807) is 12.4 Å². The standard InChI is InChI=1S/C18H30Cl2N2OSi/c1-4-24(5-2,6-3)23-17(13-22-14-9-7-8-10-14)18-15(19)11-21-12-16(18)20/h11-12,14,17,22H,4-10,13H2,1-3H3. The van der Waals surface area contributed by atoms with E-state index in [4.69, 9.17) is 27.6 Å². The molecule has 1 aliphatic carbocycles. The molecule has 1 N–H and O–H groups in total. The molecule has 0 radical (unpaired) electrons. The summed E-state index contributed by atoms with van der Waals surface area (Å²) in [4.78, 5) is 4.09. The average molecular weight is 389 g/mol. The molecular formula is C18H30Cl2N2OSi. The van der Waals surface area contributed by atoms with Gasteiger partial charge in [0.1, 0.15) is 0 Å². The molecular weight excluding hydrogens is 359 g/mol. The van der Waals surface area contributed by atoms with Crippen LogP contribution in [0.5, 0.6) is 0 Å². The van der Waals surface area contributed by atoms with Gasteiger partial charge in [-0.1, -0.05) is 56.8 Å². The Kier molecular flexibility index (Phi) is 8.02. The van der Waals surface area contributed by atoms with Crippen LogP contribution in [0.1, 0.15) is 58.1 Å². The molecule has 0 bridgehead atoms. The molecule has 1 fully saturated rings. The molecule has 3 nitrogen and oxygen atoms in total. The Morgan fingerprint density at radius 1 is 1.12 bits per heavy atom. The maximum Gasteiger partial charge on any atom is 0.192 e. The van der Waals surface area contributed by atoms with Crippen LogP contribution in [0.3, 0.4) is 0 Å². The van der Waals surface area contributed by atoms with Crippen LogP contribution in [0.4, 0.5) is 0 Å². The number of rotatable bonds is 9. The minimum atomic E-state index is -1.76. The van der Waals surface area contributed by atoms with E-state index in [1.807, 2.05) is 0 Å². The van der Waals surface area contributed by atoms with Crippen LogP contribution in [-0.4, -0.2) is 25.9 Å². The third-order valence-corrected chi connectivity index (χ3v) is 10.7. The zero-order valence-corrected chi connectivity index (χ0v) is 17.6. The van der Waals surface area contributed by atoms with Crippen molar-refractivity contribution in [3.63, 3.8) is 0 Å². The van der Waals surface area contributed by atoms with Crippen LogP contribution in [0.25, 0.3) is 0 Å². The molecule has 1 saturated carbocycles. The zero-order valence-electron chi connectivity index (χ0n) is 15.1. The van der Waals surface area contributed by atoms with E-state index in [2.05, 4.69) is 31.1 Å². The molecule has 2 rings (SSSR count). The van der Waals surface area contributed by atoms with Gasteiger partial charge in [0.2, 0.25) is 0 Å². The highest BCUT2D eigenvalue weighted by atomic mass is 35.5. The zero-order chi connectivity index (χ0) is 17.6. The van der Waals surface area contributed by atoms with Gasteiger partial charge < -0.3 is 9.74 Å². The second-order valence-corrected chi connectivity index (χ2v) is 12.3. The molecule has 0 saturated heterocycles. The number of hydrogen-bond donors (Lipinski definition) is 1. The van der Waals surface area contributed by atoms with Crippen molar-refractivity contribution in [3.8, 4) is 0 Å². The van der Waals surface area contributed by atoms with Crippen molar-refractivity contribution in [3.05, 3.63) is 28.0 Å². The van der Waals surface area contributed by atoms with Crippen molar-refractivity contribution in [2.24, 2.45) is 0 Å². The van der Waals surface area contributed by atoms with E-state index in [0.717, 1.165) is 30.2 Å². The SMILES string of the molecule is CC[Si](CC)(CC)OC(CNC1CCCC1)c1c(Cl)cncc1Cl. The smallest absolute Gasteiger partial charge is 0.192 e. The molecule has 0 spiro atoms. The van der Waals surface area contributed by atoms with E-state index in [-0.39, 0.29) is 6.10 Å². The molecule has 1 aliphatic rings. The topological polar surface area (TPSA) is 34.1 Å². The van der Waals surface area contributed by atoms with Gasteiger partial charge in [0.25, 0.3) is 0 Å². The Balaban J connectivity index is 2.23. The lowest BCUT2D eigenvalue weighted by Crippen LogP contribution is -2.41. The van der Waals surface area contributed by atoms with Crippen LogP contribution in [-0.2, 0) is 4.43 Å². The Hall–Kier alpha value is -0.133. The Labute approximate surface area is 157 Å². The normalized spacial score (nSPS) is 17.4. The minimum Gasteiger partial charge on any atom is -0.409 e. The third kappa shape index (κ3) is 4.95. The fourth-order valence-electron chi connectivity index (χ4n) is 3.64. The van der Waals surface area contributed by atoms with Crippen LogP contribution in [0, 0.1) is 0 Å². The van der Waals surface area contributed by atoms with Gasteiger partial charge in [-0.3, -0.25) is 4.98 Å². The Bertz CT molecular complexity index is 491. The molecule has 6 heteroatoms. The van der Waals surface area contributed by atoms with Gasteiger partial charge in [-0.05, 0) is 31.0 Å². The summed E-state index contributed by atoms with van der Waals surface area (Å²) in [7, 11) is -1.76. The first-order chi connectivity index (χ1) is 11.5. The predicted octanol–water partition coefficient (Wildman–Crippen LogP) is 5.98. The first kappa shape index (κ1) is 20.2. The second-order valence-electron chi connectivity index (χ2n) is 6.76. The van der Waals surface area contributed by atoms with E-state index in [9.17, 15) is 0 Å². The number of halogens is 2. The van der Waals surface area contributed by atoms with E-state index < -0.39 is 8.32 Å². The summed E-state index contributed by atoms with van der Waals surface area (Å²) < 4.78 is 6.77. The van der Waals surface area contributed by atoms with Crippen molar-refractivity contribution in [1.29, 1.82) is 0 Å². The van der Waals surface area contributed by atoms with Crippen LogP contribution in [0.2, 0.25) is 28.2 Å². The summed E-state index contributed by atoms with van der Waals surface area (Å²) in [6, 6.07) is 3.93. The quantitative estimate of drug-likeness (QED) is 0.527. The lowest BCUT2D eigenvalue weighted by Gasteiger charge is -2.34. The first-order valence-corrected chi connectivity index (χ1v) is 12.5. The first-order valence-electron chi connectivity index (χ1n) is 9.25. The van der Waals surface area contributed by atoms with Gasteiger partial charge in [-0.25, -0.2) is 0 Å². The molecule has 1 aromatic heterocycles. The van der Waals surface area contributed by atoms with Crippen molar-refractivity contribution in [1.82, 2.24) is 10.3 Å². The molecule has 0 amide bonds. The lowest BCUT2D eigenvalue weighted by atomic mass is 10.1. The minimum absolute atomic E-state index is 0.0971. The average Bonchev–Trinajstić information content (AvgIpc) is 3.10. The molecule has 1 aromatic rings. The molecule has 1 unspecified atom stereocenters. The summed E-state index contributed by atoms with van der Waals surface area (Å²) in [6.07, 6.45) is 8.38. The molecule has 0 aliphatic heterocycles. The van der Waals surface area contributed by atoms with E-state index >= 15 is 0 Å². The summed E-state index contributed by atoms with van der Waals surface area (Å²) >= 11 is 12.9. The number of pyridine rings is 1.